The Bertz CT molecular complexity index is 304. The van der Waals surface area contributed by atoms with Crippen LogP contribution in [0, 0.1) is 3.57 Å². The van der Waals surface area contributed by atoms with Gasteiger partial charge < -0.3 is 4.74 Å². The molecule has 0 fully saturated rings. The summed E-state index contributed by atoms with van der Waals surface area (Å²) >= 11 is 2.27. The van der Waals surface area contributed by atoms with E-state index in [0.717, 1.165) is 10.9 Å². The molecule has 0 aliphatic rings. The molecule has 13 heavy (non-hydrogen) atoms. The lowest BCUT2D eigenvalue weighted by Gasteiger charge is -2.21. The van der Waals surface area contributed by atoms with E-state index >= 15 is 0 Å². The van der Waals surface area contributed by atoms with E-state index in [1.165, 1.54) is 3.57 Å². The van der Waals surface area contributed by atoms with Gasteiger partial charge in [0.05, 0.1) is 10.2 Å². The van der Waals surface area contributed by atoms with Crippen molar-refractivity contribution in [2.45, 2.75) is 26.4 Å². The molecular formula is C10H12IOSi. The zero-order chi connectivity index (χ0) is 10.1. The first-order valence-corrected chi connectivity index (χ1v) is 5.66. The van der Waals surface area contributed by atoms with Gasteiger partial charge in [-0.15, -0.1) is 0 Å². The van der Waals surface area contributed by atoms with Crippen LogP contribution >= 0.6 is 22.6 Å². The fourth-order valence-electron chi connectivity index (χ4n) is 0.921. The molecule has 3 radical (unpaired) electrons. The van der Waals surface area contributed by atoms with Crippen molar-refractivity contribution in [2.75, 3.05) is 0 Å². The maximum Gasteiger partial charge on any atom is 0.120 e. The summed E-state index contributed by atoms with van der Waals surface area (Å²) in [6.07, 6.45) is 0. The van der Waals surface area contributed by atoms with Crippen LogP contribution in [0.1, 0.15) is 20.8 Å². The van der Waals surface area contributed by atoms with Gasteiger partial charge >= 0.3 is 0 Å². The summed E-state index contributed by atoms with van der Waals surface area (Å²) in [5.74, 6) is 0.901. The molecule has 3 heteroatoms. The number of hydrogen-bond acceptors (Lipinski definition) is 1. The van der Waals surface area contributed by atoms with Gasteiger partial charge in [0.15, 0.2) is 0 Å². The van der Waals surface area contributed by atoms with Gasteiger partial charge in [-0.2, -0.15) is 0 Å². The first kappa shape index (κ1) is 11.0. The largest absolute Gasteiger partial charge is 0.488 e. The lowest BCUT2D eigenvalue weighted by molar-refractivity contribution is 0.131. The van der Waals surface area contributed by atoms with Crippen LogP contribution in [0.2, 0.25) is 0 Å². The molecule has 1 nitrogen and oxygen atoms in total. The highest BCUT2D eigenvalue weighted by molar-refractivity contribution is 14.1. The Morgan fingerprint density at radius 2 is 1.92 bits per heavy atom. The molecule has 0 aliphatic carbocycles. The summed E-state index contributed by atoms with van der Waals surface area (Å²) in [5, 5.41) is 1.07. The summed E-state index contributed by atoms with van der Waals surface area (Å²) in [6.45, 7) is 6.12. The van der Waals surface area contributed by atoms with Crippen LogP contribution in [-0.2, 0) is 0 Å². The second kappa shape index (κ2) is 4.00. The monoisotopic (exact) mass is 303 g/mol. The van der Waals surface area contributed by atoms with E-state index in [0.29, 0.717) is 0 Å². The molecule has 1 rings (SSSR count). The molecule has 1 aromatic carbocycles. The van der Waals surface area contributed by atoms with Crippen molar-refractivity contribution in [2.24, 2.45) is 0 Å². The first-order valence-electron chi connectivity index (χ1n) is 4.09. The first-order chi connectivity index (χ1) is 5.88. The van der Waals surface area contributed by atoms with Crippen LogP contribution in [0.15, 0.2) is 18.2 Å². The van der Waals surface area contributed by atoms with Crippen molar-refractivity contribution in [1.29, 1.82) is 0 Å². The smallest absolute Gasteiger partial charge is 0.120 e. The highest BCUT2D eigenvalue weighted by atomic mass is 127. The number of hydrogen-bond donors (Lipinski definition) is 0. The van der Waals surface area contributed by atoms with Crippen molar-refractivity contribution in [3.8, 4) is 5.75 Å². The number of rotatable bonds is 1. The molecule has 0 aliphatic heterocycles. The molecule has 0 N–H and O–H groups in total. The number of halogens is 1. The van der Waals surface area contributed by atoms with Crippen molar-refractivity contribution in [1.82, 2.24) is 0 Å². The Balaban J connectivity index is 2.86. The topological polar surface area (TPSA) is 9.23 Å². The molecule has 0 bridgehead atoms. The Morgan fingerprint density at radius 1 is 1.31 bits per heavy atom. The SMILES string of the molecule is CC(C)(C)Oc1ccc(I)c([Si])c1. The Kier molecular flexibility index (Phi) is 3.40. The van der Waals surface area contributed by atoms with Crippen LogP contribution in [0.3, 0.4) is 0 Å². The molecule has 0 unspecified atom stereocenters. The fraction of sp³-hybridized carbons (Fsp3) is 0.400. The molecule has 0 spiro atoms. The predicted molar refractivity (Wildman–Crippen MR) is 64.9 cm³/mol. The Morgan fingerprint density at radius 3 is 2.38 bits per heavy atom. The molecule has 0 atom stereocenters. The lowest BCUT2D eigenvalue weighted by atomic mass is 10.2. The average molecular weight is 303 g/mol. The van der Waals surface area contributed by atoms with Gasteiger partial charge in [0.1, 0.15) is 11.4 Å². The van der Waals surface area contributed by atoms with Gasteiger partial charge in [-0.05, 0) is 61.6 Å². The van der Waals surface area contributed by atoms with Crippen molar-refractivity contribution < 1.29 is 4.74 Å². The molecule has 0 amide bonds. The van der Waals surface area contributed by atoms with Crippen LogP contribution in [0.4, 0.5) is 0 Å². The second-order valence-corrected chi connectivity index (χ2v) is 5.56. The lowest BCUT2D eigenvalue weighted by Crippen LogP contribution is -2.23. The van der Waals surface area contributed by atoms with E-state index in [9.17, 15) is 0 Å². The molecule has 0 aromatic heterocycles. The quantitative estimate of drug-likeness (QED) is 0.571. The predicted octanol–water partition coefficient (Wildman–Crippen LogP) is 2.26. The zero-order valence-electron chi connectivity index (χ0n) is 8.02. The van der Waals surface area contributed by atoms with E-state index in [4.69, 9.17) is 4.74 Å². The third-order valence-electron chi connectivity index (χ3n) is 1.36. The Labute approximate surface area is 96.4 Å². The second-order valence-electron chi connectivity index (χ2n) is 3.86. The Hall–Kier alpha value is -0.0331. The van der Waals surface area contributed by atoms with Crippen LogP contribution in [0.25, 0.3) is 0 Å². The summed E-state index contributed by atoms with van der Waals surface area (Å²) in [6, 6.07) is 6.00. The minimum absolute atomic E-state index is 0.133. The third-order valence-corrected chi connectivity index (χ3v) is 3.23. The van der Waals surface area contributed by atoms with Gasteiger partial charge in [-0.25, -0.2) is 0 Å². The summed E-state index contributed by atoms with van der Waals surface area (Å²) in [4.78, 5) is 0. The van der Waals surface area contributed by atoms with Crippen molar-refractivity contribution >= 4 is 38.0 Å². The van der Waals surface area contributed by atoms with Crippen LogP contribution < -0.4 is 9.92 Å². The van der Waals surface area contributed by atoms with Gasteiger partial charge in [0.25, 0.3) is 0 Å². The summed E-state index contributed by atoms with van der Waals surface area (Å²) in [5.41, 5.74) is -0.133. The molecule has 0 heterocycles. The fourth-order valence-corrected chi connectivity index (χ4v) is 1.48. The van der Waals surface area contributed by atoms with E-state index in [2.05, 4.69) is 32.8 Å². The maximum atomic E-state index is 5.70. The average Bonchev–Trinajstić information content (AvgIpc) is 1.94. The highest BCUT2D eigenvalue weighted by Gasteiger charge is 2.11. The van der Waals surface area contributed by atoms with E-state index in [-0.39, 0.29) is 5.60 Å². The molecule has 1 aromatic rings. The number of ether oxygens (including phenoxy) is 1. The van der Waals surface area contributed by atoms with Gasteiger partial charge in [0, 0.05) is 3.57 Å². The third kappa shape index (κ3) is 3.68. The van der Waals surface area contributed by atoms with Crippen molar-refractivity contribution in [3.63, 3.8) is 0 Å². The molecule has 0 saturated heterocycles. The minimum atomic E-state index is -0.133. The standard InChI is InChI=1S/C10H12IOSi/c1-10(2,3)12-7-4-5-8(11)9(13)6-7/h4-6H,1-3H3. The minimum Gasteiger partial charge on any atom is -0.488 e. The van der Waals surface area contributed by atoms with Crippen molar-refractivity contribution in [3.05, 3.63) is 21.8 Å². The van der Waals surface area contributed by atoms with Gasteiger partial charge in [-0.3, -0.25) is 0 Å². The zero-order valence-corrected chi connectivity index (χ0v) is 11.2. The summed E-state index contributed by atoms with van der Waals surface area (Å²) in [7, 11) is 3.52. The van der Waals surface area contributed by atoms with Crippen LogP contribution in [0.5, 0.6) is 5.75 Å². The van der Waals surface area contributed by atoms with Crippen LogP contribution in [-0.4, -0.2) is 15.8 Å². The van der Waals surface area contributed by atoms with E-state index in [1.807, 2.05) is 39.0 Å². The molecular weight excluding hydrogens is 291 g/mol. The molecule has 69 valence electrons. The maximum absolute atomic E-state index is 5.70. The van der Waals surface area contributed by atoms with E-state index < -0.39 is 0 Å². The number of benzene rings is 1. The summed E-state index contributed by atoms with van der Waals surface area (Å²) < 4.78 is 6.89. The molecule has 0 saturated carbocycles. The van der Waals surface area contributed by atoms with Gasteiger partial charge in [0.2, 0.25) is 0 Å². The van der Waals surface area contributed by atoms with E-state index in [1.54, 1.807) is 0 Å². The highest BCUT2D eigenvalue weighted by Crippen LogP contribution is 2.17. The van der Waals surface area contributed by atoms with Gasteiger partial charge in [-0.1, -0.05) is 5.19 Å². The normalized spacial score (nSPS) is 11.5.